The highest BCUT2D eigenvalue weighted by molar-refractivity contribution is 6.07. The highest BCUT2D eigenvalue weighted by atomic mass is 16.6. The lowest BCUT2D eigenvalue weighted by Gasteiger charge is -2.03. The van der Waals surface area contributed by atoms with Gasteiger partial charge in [-0.15, -0.1) is 0 Å². The first-order chi connectivity index (χ1) is 8.65. The van der Waals surface area contributed by atoms with Gasteiger partial charge in [0.25, 0.3) is 0 Å². The van der Waals surface area contributed by atoms with Crippen molar-refractivity contribution >= 4 is 17.8 Å². The number of aliphatic imine (C=N–C) groups is 1. The Labute approximate surface area is 102 Å². The molecule has 0 aliphatic carbocycles. The lowest BCUT2D eigenvalue weighted by Crippen LogP contribution is -2.13. The number of esters is 1. The van der Waals surface area contributed by atoms with E-state index in [9.17, 15) is 9.59 Å². The molecule has 0 spiro atoms. The number of carbonyl (C=O) groups is 2. The van der Waals surface area contributed by atoms with Crippen molar-refractivity contribution in [2.24, 2.45) is 4.99 Å². The molecule has 6 heteroatoms. The molecule has 0 fully saturated rings. The van der Waals surface area contributed by atoms with E-state index in [1.54, 1.807) is 24.3 Å². The Kier molecular flexibility index (Phi) is 3.38. The normalized spacial score (nSPS) is 16.3. The van der Waals surface area contributed by atoms with Crippen LogP contribution >= 0.6 is 0 Å². The zero-order valence-electron chi connectivity index (χ0n) is 9.20. The van der Waals surface area contributed by atoms with E-state index in [-0.39, 0.29) is 18.2 Å². The predicted molar refractivity (Wildman–Crippen MR) is 61.2 cm³/mol. The van der Waals surface area contributed by atoms with Gasteiger partial charge in [-0.25, -0.2) is 14.6 Å². The van der Waals surface area contributed by atoms with Crippen LogP contribution in [-0.2, 0) is 14.3 Å². The Hall–Kier alpha value is -2.63. The van der Waals surface area contributed by atoms with Gasteiger partial charge in [0, 0.05) is 0 Å². The number of aliphatic carboxylic acids is 1. The average molecular weight is 247 g/mol. The molecule has 0 bridgehead atoms. The van der Waals surface area contributed by atoms with Crippen LogP contribution in [0.2, 0.25) is 0 Å². The number of ether oxygens (including phenoxy) is 2. The number of nitrogens with zero attached hydrogens (tertiary/aromatic N) is 1. The summed E-state index contributed by atoms with van der Waals surface area (Å²) in [7, 11) is 0. The first kappa shape index (κ1) is 11.8. The van der Waals surface area contributed by atoms with Crippen molar-refractivity contribution in [3.63, 3.8) is 0 Å². The number of cyclic esters (lactones) is 1. The van der Waals surface area contributed by atoms with E-state index < -0.39 is 11.9 Å². The van der Waals surface area contributed by atoms with Crippen LogP contribution in [0.4, 0.5) is 0 Å². The van der Waals surface area contributed by atoms with Crippen LogP contribution in [-0.4, -0.2) is 29.5 Å². The summed E-state index contributed by atoms with van der Waals surface area (Å²) < 4.78 is 10.1. The second kappa shape index (κ2) is 5.13. The van der Waals surface area contributed by atoms with Gasteiger partial charge in [0.1, 0.15) is 5.75 Å². The van der Waals surface area contributed by atoms with Crippen LogP contribution in [0.1, 0.15) is 0 Å². The average Bonchev–Trinajstić information content (AvgIpc) is 2.68. The molecule has 1 aromatic rings. The molecular formula is C12H9NO5. The second-order valence-electron chi connectivity index (χ2n) is 3.36. The van der Waals surface area contributed by atoms with E-state index in [0.29, 0.717) is 11.8 Å². The molecule has 2 rings (SSSR count). The molecule has 1 heterocycles. The summed E-state index contributed by atoms with van der Waals surface area (Å²) >= 11 is 0. The van der Waals surface area contributed by atoms with Crippen LogP contribution in [0.5, 0.6) is 5.75 Å². The molecule has 0 saturated heterocycles. The Morgan fingerprint density at radius 1 is 1.39 bits per heavy atom. The molecule has 1 aliphatic rings. The number of hydrogen-bond acceptors (Lipinski definition) is 5. The third-order valence-corrected chi connectivity index (χ3v) is 2.03. The number of carboxylic acid groups (broad SMARTS) is 1. The van der Waals surface area contributed by atoms with Gasteiger partial charge < -0.3 is 14.6 Å². The summed E-state index contributed by atoms with van der Waals surface area (Å²) in [4.78, 5) is 25.3. The minimum Gasteiger partial charge on any atom is -0.484 e. The molecule has 1 aromatic carbocycles. The molecule has 0 saturated carbocycles. The van der Waals surface area contributed by atoms with E-state index in [1.807, 2.05) is 6.07 Å². The van der Waals surface area contributed by atoms with Crippen LogP contribution in [0.3, 0.4) is 0 Å². The third-order valence-electron chi connectivity index (χ3n) is 2.03. The zero-order chi connectivity index (χ0) is 13.0. The molecule has 92 valence electrons. The van der Waals surface area contributed by atoms with Gasteiger partial charge in [-0.05, 0) is 12.1 Å². The molecule has 0 amide bonds. The lowest BCUT2D eigenvalue weighted by atomic mass is 10.3. The number of rotatable bonds is 4. The van der Waals surface area contributed by atoms with Crippen LogP contribution in [0, 0.1) is 0 Å². The first-order valence-electron chi connectivity index (χ1n) is 5.07. The molecule has 0 atom stereocenters. The minimum atomic E-state index is -1.25. The Balaban J connectivity index is 1.99. The van der Waals surface area contributed by atoms with E-state index in [4.69, 9.17) is 14.6 Å². The maximum Gasteiger partial charge on any atom is 0.363 e. The van der Waals surface area contributed by atoms with E-state index >= 15 is 0 Å². The lowest BCUT2D eigenvalue weighted by molar-refractivity contribution is -0.133. The maximum absolute atomic E-state index is 11.2. The van der Waals surface area contributed by atoms with Gasteiger partial charge in [0.15, 0.2) is 12.3 Å². The maximum atomic E-state index is 11.2. The molecular weight excluding hydrogens is 238 g/mol. The molecule has 18 heavy (non-hydrogen) atoms. The van der Waals surface area contributed by atoms with Crippen molar-refractivity contribution < 1.29 is 24.2 Å². The van der Waals surface area contributed by atoms with Crippen LogP contribution in [0.25, 0.3) is 0 Å². The summed E-state index contributed by atoms with van der Waals surface area (Å²) in [6.07, 6.45) is 0.692. The summed E-state index contributed by atoms with van der Waals surface area (Å²) in [5.41, 5.74) is -0.242. The number of benzene rings is 1. The van der Waals surface area contributed by atoms with Gasteiger partial charge in [0.2, 0.25) is 5.90 Å². The number of carboxylic acids is 1. The second-order valence-corrected chi connectivity index (χ2v) is 3.36. The fourth-order valence-corrected chi connectivity index (χ4v) is 1.29. The highest BCUT2D eigenvalue weighted by Crippen LogP contribution is 2.13. The Morgan fingerprint density at radius 2 is 2.11 bits per heavy atom. The van der Waals surface area contributed by atoms with Crippen molar-refractivity contribution in [1.82, 2.24) is 0 Å². The van der Waals surface area contributed by atoms with Crippen molar-refractivity contribution in [3.8, 4) is 5.75 Å². The topological polar surface area (TPSA) is 85.2 Å². The van der Waals surface area contributed by atoms with Gasteiger partial charge in [-0.1, -0.05) is 18.2 Å². The number of para-hydroxylation sites is 1. The third kappa shape index (κ3) is 2.94. The molecule has 0 unspecified atom stereocenters. The van der Waals surface area contributed by atoms with Crippen molar-refractivity contribution in [2.45, 2.75) is 0 Å². The summed E-state index contributed by atoms with van der Waals surface area (Å²) in [6.45, 7) is -0.0350. The number of hydrogen-bond donors (Lipinski definition) is 1. The van der Waals surface area contributed by atoms with Gasteiger partial charge in [-0.2, -0.15) is 0 Å². The quantitative estimate of drug-likeness (QED) is 0.633. The van der Waals surface area contributed by atoms with Gasteiger partial charge in [0.05, 0.1) is 6.08 Å². The Morgan fingerprint density at radius 3 is 2.78 bits per heavy atom. The molecule has 0 radical (unpaired) electrons. The minimum absolute atomic E-state index is 0.0350. The summed E-state index contributed by atoms with van der Waals surface area (Å²) in [6, 6.07) is 8.92. The van der Waals surface area contributed by atoms with Crippen LogP contribution < -0.4 is 4.74 Å². The Bertz CT molecular complexity index is 533. The van der Waals surface area contributed by atoms with E-state index in [2.05, 4.69) is 4.99 Å². The van der Waals surface area contributed by atoms with E-state index in [0.717, 1.165) is 0 Å². The van der Waals surface area contributed by atoms with Crippen LogP contribution in [0.15, 0.2) is 47.1 Å². The largest absolute Gasteiger partial charge is 0.484 e. The van der Waals surface area contributed by atoms with Crippen molar-refractivity contribution in [3.05, 3.63) is 42.1 Å². The first-order valence-corrected chi connectivity index (χ1v) is 5.07. The van der Waals surface area contributed by atoms with Crippen molar-refractivity contribution in [2.75, 3.05) is 6.61 Å². The molecule has 6 nitrogen and oxygen atoms in total. The highest BCUT2D eigenvalue weighted by Gasteiger charge is 2.24. The van der Waals surface area contributed by atoms with Gasteiger partial charge in [-0.3, -0.25) is 0 Å². The summed E-state index contributed by atoms with van der Waals surface area (Å²) in [5.74, 6) is -1.40. The van der Waals surface area contributed by atoms with Crippen molar-refractivity contribution in [1.29, 1.82) is 0 Å². The monoisotopic (exact) mass is 247 g/mol. The predicted octanol–water partition coefficient (Wildman–Crippen LogP) is 0.989. The standard InChI is InChI=1S/C12H9NO5/c14-11(15)6-9-12(16)18-10(13-9)7-17-8-4-2-1-3-5-8/h1-6H,7H2,(H,14,15)/b9-6+. The summed E-state index contributed by atoms with van der Waals surface area (Å²) in [5, 5.41) is 8.50. The fraction of sp³-hybridized carbons (Fsp3) is 0.0833. The molecule has 1 N–H and O–H groups in total. The van der Waals surface area contributed by atoms with Gasteiger partial charge >= 0.3 is 11.9 Å². The van der Waals surface area contributed by atoms with E-state index in [1.165, 1.54) is 0 Å². The number of carbonyl (C=O) groups excluding carboxylic acids is 1. The molecule has 0 aromatic heterocycles. The SMILES string of the molecule is O=C(O)/C=C1/N=C(COc2ccccc2)OC1=O. The smallest absolute Gasteiger partial charge is 0.363 e. The molecule has 1 aliphatic heterocycles. The fourth-order valence-electron chi connectivity index (χ4n) is 1.29. The zero-order valence-corrected chi connectivity index (χ0v) is 9.20.